The second kappa shape index (κ2) is 11.9. The number of halogens is 1. The van der Waals surface area contributed by atoms with Crippen LogP contribution < -0.4 is 5.43 Å². The molecule has 0 fully saturated rings. The molecule has 3 aromatic rings. The molecule has 0 spiro atoms. The molecule has 9 heteroatoms. The van der Waals surface area contributed by atoms with Gasteiger partial charge in [-0.1, -0.05) is 95.5 Å². The molecule has 0 aliphatic carbocycles. The van der Waals surface area contributed by atoms with Crippen LogP contribution in [0.4, 0.5) is 0 Å². The van der Waals surface area contributed by atoms with Crippen LogP contribution in [0.2, 0.25) is 0 Å². The first-order chi connectivity index (χ1) is 14.2. The molecular formula is C20H17BrN4OS3. The van der Waals surface area contributed by atoms with E-state index < -0.39 is 0 Å². The maximum Gasteiger partial charge on any atom is 0.250 e. The SMILES string of the molecule is O=C(CSc1nnc(SCc2ccccc2)s1)N/N=C\C(Br)=C/c1ccccc1. The zero-order valence-corrected chi connectivity index (χ0v) is 19.2. The smallest absolute Gasteiger partial charge is 0.250 e. The van der Waals surface area contributed by atoms with Crippen molar-refractivity contribution in [1.29, 1.82) is 0 Å². The molecule has 2 aromatic carbocycles. The summed E-state index contributed by atoms with van der Waals surface area (Å²) in [6.45, 7) is 0. The highest BCUT2D eigenvalue weighted by atomic mass is 79.9. The molecule has 1 heterocycles. The van der Waals surface area contributed by atoms with Crippen LogP contribution in [0.25, 0.3) is 6.08 Å². The number of thioether (sulfide) groups is 2. The fourth-order valence-corrected chi connectivity index (χ4v) is 5.24. The van der Waals surface area contributed by atoms with Crippen LogP contribution in [-0.2, 0) is 10.5 Å². The summed E-state index contributed by atoms with van der Waals surface area (Å²) in [5, 5.41) is 12.3. The summed E-state index contributed by atoms with van der Waals surface area (Å²) in [5.41, 5.74) is 4.80. The van der Waals surface area contributed by atoms with Crippen LogP contribution in [0.1, 0.15) is 11.1 Å². The minimum absolute atomic E-state index is 0.194. The fraction of sp³-hybridized carbons (Fsp3) is 0.100. The largest absolute Gasteiger partial charge is 0.272 e. The lowest BCUT2D eigenvalue weighted by Gasteiger charge is -1.98. The van der Waals surface area contributed by atoms with Crippen LogP contribution in [0.5, 0.6) is 0 Å². The average Bonchev–Trinajstić information content (AvgIpc) is 3.20. The second-order valence-corrected chi connectivity index (χ2v) is 9.97. The Balaban J connectivity index is 1.39. The molecule has 5 nitrogen and oxygen atoms in total. The molecule has 29 heavy (non-hydrogen) atoms. The van der Waals surface area contributed by atoms with E-state index in [0.717, 1.165) is 24.5 Å². The van der Waals surface area contributed by atoms with Crippen LogP contribution >= 0.6 is 50.8 Å². The van der Waals surface area contributed by atoms with Crippen molar-refractivity contribution in [2.75, 3.05) is 5.75 Å². The topological polar surface area (TPSA) is 67.2 Å². The Morgan fingerprint density at radius 2 is 1.69 bits per heavy atom. The Morgan fingerprint density at radius 3 is 2.41 bits per heavy atom. The molecule has 0 atom stereocenters. The molecule has 1 N–H and O–H groups in total. The first-order valence-corrected chi connectivity index (χ1v) is 12.1. The number of hydrogen-bond donors (Lipinski definition) is 1. The second-order valence-electron chi connectivity index (χ2n) is 5.63. The predicted molar refractivity (Wildman–Crippen MR) is 127 cm³/mol. The summed E-state index contributed by atoms with van der Waals surface area (Å²) in [5.74, 6) is 0.885. The summed E-state index contributed by atoms with van der Waals surface area (Å²) in [6, 6.07) is 20.1. The molecule has 0 aliphatic heterocycles. The Kier molecular flexibility index (Phi) is 8.94. The Hall–Kier alpha value is -1.94. The number of rotatable bonds is 9. The van der Waals surface area contributed by atoms with Gasteiger partial charge in [-0.15, -0.1) is 10.2 Å². The molecule has 148 valence electrons. The van der Waals surface area contributed by atoms with E-state index in [1.54, 1.807) is 18.0 Å². The third-order valence-electron chi connectivity index (χ3n) is 3.40. The van der Waals surface area contributed by atoms with Gasteiger partial charge in [0.05, 0.1) is 12.0 Å². The zero-order chi connectivity index (χ0) is 20.3. The van der Waals surface area contributed by atoms with Crippen molar-refractivity contribution in [3.8, 4) is 0 Å². The van der Waals surface area contributed by atoms with Crippen molar-refractivity contribution >= 4 is 69.0 Å². The molecular weight excluding hydrogens is 488 g/mol. The van der Waals surface area contributed by atoms with Gasteiger partial charge in [0.1, 0.15) is 0 Å². The normalized spacial score (nSPS) is 11.7. The maximum atomic E-state index is 11.9. The number of carbonyl (C=O) groups is 1. The van der Waals surface area contributed by atoms with Crippen LogP contribution in [0, 0.1) is 0 Å². The highest BCUT2D eigenvalue weighted by Gasteiger charge is 2.08. The van der Waals surface area contributed by atoms with Gasteiger partial charge in [-0.2, -0.15) is 5.10 Å². The Labute approximate surface area is 190 Å². The molecule has 3 rings (SSSR count). The van der Waals surface area contributed by atoms with Gasteiger partial charge in [0.2, 0.25) is 0 Å². The van der Waals surface area contributed by atoms with Gasteiger partial charge in [0.15, 0.2) is 8.68 Å². The van der Waals surface area contributed by atoms with E-state index in [4.69, 9.17) is 0 Å². The summed E-state index contributed by atoms with van der Waals surface area (Å²) in [6.07, 6.45) is 3.47. The van der Waals surface area contributed by atoms with Gasteiger partial charge in [0, 0.05) is 10.2 Å². The van der Waals surface area contributed by atoms with Gasteiger partial charge in [-0.25, -0.2) is 5.43 Å². The molecule has 0 aliphatic rings. The molecule has 0 unspecified atom stereocenters. The molecule has 0 saturated heterocycles. The van der Waals surface area contributed by atoms with Crippen LogP contribution in [-0.4, -0.2) is 28.1 Å². The third-order valence-corrected chi connectivity index (χ3v) is 7.10. The minimum Gasteiger partial charge on any atom is -0.272 e. The summed E-state index contributed by atoms with van der Waals surface area (Å²) in [4.78, 5) is 11.9. The zero-order valence-electron chi connectivity index (χ0n) is 15.2. The molecule has 0 radical (unpaired) electrons. The van der Waals surface area contributed by atoms with E-state index in [-0.39, 0.29) is 11.7 Å². The molecule has 1 amide bonds. The van der Waals surface area contributed by atoms with Crippen LogP contribution in [0.3, 0.4) is 0 Å². The van der Waals surface area contributed by atoms with Crippen LogP contribution in [0.15, 0.2) is 78.9 Å². The maximum absolute atomic E-state index is 11.9. The quantitative estimate of drug-likeness (QED) is 0.238. The third kappa shape index (κ3) is 8.14. The van der Waals surface area contributed by atoms with Crippen molar-refractivity contribution in [2.24, 2.45) is 5.10 Å². The van der Waals surface area contributed by atoms with Crippen molar-refractivity contribution < 1.29 is 4.79 Å². The summed E-state index contributed by atoms with van der Waals surface area (Å²) in [7, 11) is 0. The molecule has 0 bridgehead atoms. The number of aromatic nitrogens is 2. The average molecular weight is 505 g/mol. The van der Waals surface area contributed by atoms with E-state index in [0.29, 0.717) is 0 Å². The van der Waals surface area contributed by atoms with Gasteiger partial charge >= 0.3 is 0 Å². The standard InChI is InChI=1S/C20H17BrN4OS3/c21-17(11-15-7-3-1-4-8-15)12-22-23-18(26)14-28-20-25-24-19(29-20)27-13-16-9-5-2-6-10-16/h1-12H,13-14H2,(H,23,26)/b17-11+,22-12-. The van der Waals surface area contributed by atoms with Crippen molar-refractivity contribution in [3.05, 3.63) is 76.3 Å². The van der Waals surface area contributed by atoms with Crippen molar-refractivity contribution in [1.82, 2.24) is 15.6 Å². The van der Waals surface area contributed by atoms with Gasteiger partial charge < -0.3 is 0 Å². The fourth-order valence-electron chi connectivity index (χ4n) is 2.10. The number of nitrogens with zero attached hydrogens (tertiary/aromatic N) is 3. The number of hydrazone groups is 1. The van der Waals surface area contributed by atoms with E-state index in [2.05, 4.69) is 48.8 Å². The number of nitrogens with one attached hydrogen (secondary N) is 1. The molecule has 0 saturated carbocycles. The van der Waals surface area contributed by atoms with E-state index >= 15 is 0 Å². The first kappa shape index (κ1) is 21.8. The predicted octanol–water partition coefficient (Wildman–Crippen LogP) is 5.46. The van der Waals surface area contributed by atoms with E-state index in [1.807, 2.05) is 54.6 Å². The Bertz CT molecular complexity index is 978. The van der Waals surface area contributed by atoms with Crippen molar-refractivity contribution in [3.63, 3.8) is 0 Å². The number of carbonyl (C=O) groups excluding carboxylic acids is 1. The Morgan fingerprint density at radius 1 is 1.03 bits per heavy atom. The minimum atomic E-state index is -0.194. The lowest BCUT2D eigenvalue weighted by molar-refractivity contribution is -0.118. The van der Waals surface area contributed by atoms with E-state index in [1.165, 1.54) is 28.7 Å². The number of benzene rings is 2. The van der Waals surface area contributed by atoms with E-state index in [9.17, 15) is 4.79 Å². The van der Waals surface area contributed by atoms with Gasteiger partial charge in [0.25, 0.3) is 5.91 Å². The number of allylic oxidation sites excluding steroid dienone is 1. The van der Waals surface area contributed by atoms with Crippen molar-refractivity contribution in [2.45, 2.75) is 14.4 Å². The number of hydrogen-bond acceptors (Lipinski definition) is 7. The monoisotopic (exact) mass is 504 g/mol. The first-order valence-electron chi connectivity index (χ1n) is 8.56. The lowest BCUT2D eigenvalue weighted by atomic mass is 10.2. The summed E-state index contributed by atoms with van der Waals surface area (Å²) < 4.78 is 2.43. The van der Waals surface area contributed by atoms with Gasteiger partial charge in [-0.3, -0.25) is 4.79 Å². The highest BCUT2D eigenvalue weighted by molar-refractivity contribution is 9.12. The highest BCUT2D eigenvalue weighted by Crippen LogP contribution is 2.30. The number of amides is 1. The summed E-state index contributed by atoms with van der Waals surface area (Å²) >= 11 is 7.90. The lowest BCUT2D eigenvalue weighted by Crippen LogP contribution is -2.19. The van der Waals surface area contributed by atoms with Gasteiger partial charge in [-0.05, 0) is 33.1 Å². The molecule has 1 aromatic heterocycles.